The van der Waals surface area contributed by atoms with Crippen LogP contribution in [0.2, 0.25) is 0 Å². The fourth-order valence-corrected chi connectivity index (χ4v) is 6.20. The lowest BCUT2D eigenvalue weighted by atomic mass is 9.92. The van der Waals surface area contributed by atoms with Gasteiger partial charge in [0, 0.05) is 34.9 Å². The standard InChI is InChI=1S/C35H41N3O5/c1-22-23(2)30(41-3)18-16-27(22)34(35(40)37-25-11-7-6-8-12-25)38(26-15-17-31(42-4)32(20-26)43-5)33(39)19-24-21-36-29-14-10-9-13-28(24)29/h9-10,13-18,20-21,25,34,36H,6-8,11-12,19H2,1-5H3,(H,37,40). The van der Waals surface area contributed by atoms with E-state index in [2.05, 4.69) is 10.3 Å². The van der Waals surface area contributed by atoms with E-state index in [9.17, 15) is 9.59 Å². The fourth-order valence-electron chi connectivity index (χ4n) is 6.20. The summed E-state index contributed by atoms with van der Waals surface area (Å²) >= 11 is 0. The molecule has 1 aliphatic carbocycles. The second kappa shape index (κ2) is 13.2. The number of anilines is 1. The lowest BCUT2D eigenvalue weighted by Crippen LogP contribution is -2.48. The maximum absolute atomic E-state index is 14.6. The minimum atomic E-state index is -0.928. The Hall–Kier alpha value is -4.46. The van der Waals surface area contributed by atoms with Gasteiger partial charge in [0.2, 0.25) is 11.8 Å². The predicted molar refractivity (Wildman–Crippen MR) is 169 cm³/mol. The van der Waals surface area contributed by atoms with Gasteiger partial charge in [-0.15, -0.1) is 0 Å². The third-order valence-corrected chi connectivity index (χ3v) is 8.68. The highest BCUT2D eigenvalue weighted by Crippen LogP contribution is 2.38. The first-order valence-corrected chi connectivity index (χ1v) is 14.9. The lowest BCUT2D eigenvalue weighted by molar-refractivity contribution is -0.127. The number of aromatic amines is 1. The Labute approximate surface area is 253 Å². The molecule has 1 heterocycles. The fraction of sp³-hybridized carbons (Fsp3) is 0.371. The maximum atomic E-state index is 14.6. The summed E-state index contributed by atoms with van der Waals surface area (Å²) in [5, 5.41) is 4.29. The maximum Gasteiger partial charge on any atom is 0.248 e. The van der Waals surface area contributed by atoms with Crippen molar-refractivity contribution in [2.75, 3.05) is 26.2 Å². The van der Waals surface area contributed by atoms with E-state index in [1.165, 1.54) is 6.42 Å². The molecule has 0 aliphatic heterocycles. The lowest BCUT2D eigenvalue weighted by Gasteiger charge is -2.35. The van der Waals surface area contributed by atoms with E-state index in [4.69, 9.17) is 14.2 Å². The van der Waals surface area contributed by atoms with Gasteiger partial charge in [0.1, 0.15) is 11.8 Å². The number of hydrogen-bond donors (Lipinski definition) is 2. The zero-order valence-corrected chi connectivity index (χ0v) is 25.7. The molecule has 2 amide bonds. The van der Waals surface area contributed by atoms with Gasteiger partial charge in [0.25, 0.3) is 0 Å². The average Bonchev–Trinajstić information content (AvgIpc) is 3.44. The number of benzene rings is 3. The summed E-state index contributed by atoms with van der Waals surface area (Å²) in [5.41, 5.74) is 4.92. The Balaban J connectivity index is 1.66. The smallest absolute Gasteiger partial charge is 0.248 e. The molecule has 1 aromatic heterocycles. The number of methoxy groups -OCH3 is 3. The molecular weight excluding hydrogens is 542 g/mol. The number of amides is 2. The van der Waals surface area contributed by atoms with Gasteiger partial charge in [0.15, 0.2) is 11.5 Å². The van der Waals surface area contributed by atoms with Gasteiger partial charge in [-0.2, -0.15) is 0 Å². The molecule has 0 saturated heterocycles. The predicted octanol–water partition coefficient (Wildman–Crippen LogP) is 6.58. The Morgan fingerprint density at radius 1 is 0.884 bits per heavy atom. The van der Waals surface area contributed by atoms with Gasteiger partial charge in [-0.05, 0) is 73.2 Å². The molecule has 1 saturated carbocycles. The first-order chi connectivity index (χ1) is 20.9. The van der Waals surface area contributed by atoms with Gasteiger partial charge in [-0.1, -0.05) is 43.5 Å². The normalized spacial score (nSPS) is 14.3. The molecular formula is C35H41N3O5. The van der Waals surface area contributed by atoms with Crippen LogP contribution in [-0.4, -0.2) is 44.2 Å². The number of nitrogens with one attached hydrogen (secondary N) is 2. The summed E-state index contributed by atoms with van der Waals surface area (Å²) in [5.74, 6) is 1.32. The van der Waals surface area contributed by atoms with Crippen LogP contribution in [0.5, 0.6) is 17.2 Å². The third kappa shape index (κ3) is 6.19. The Morgan fingerprint density at radius 2 is 1.58 bits per heavy atom. The highest BCUT2D eigenvalue weighted by Gasteiger charge is 2.36. The van der Waals surface area contributed by atoms with E-state index >= 15 is 0 Å². The monoisotopic (exact) mass is 583 g/mol. The van der Waals surface area contributed by atoms with Gasteiger partial charge in [0.05, 0.1) is 27.8 Å². The summed E-state index contributed by atoms with van der Waals surface area (Å²) in [4.78, 5) is 33.9. The van der Waals surface area contributed by atoms with Crippen molar-refractivity contribution in [2.45, 2.75) is 64.5 Å². The number of carbonyl (C=O) groups is 2. The van der Waals surface area contributed by atoms with E-state index in [-0.39, 0.29) is 24.3 Å². The number of aromatic nitrogens is 1. The molecule has 43 heavy (non-hydrogen) atoms. The molecule has 0 radical (unpaired) electrons. The molecule has 226 valence electrons. The Kier molecular flexibility index (Phi) is 9.24. The van der Waals surface area contributed by atoms with Gasteiger partial charge in [-0.25, -0.2) is 0 Å². The number of fused-ring (bicyclic) bond motifs is 1. The summed E-state index contributed by atoms with van der Waals surface area (Å²) < 4.78 is 16.7. The van der Waals surface area contributed by atoms with Crippen LogP contribution in [0.1, 0.15) is 60.4 Å². The van der Waals surface area contributed by atoms with E-state index < -0.39 is 6.04 Å². The van der Waals surface area contributed by atoms with Crippen LogP contribution in [-0.2, 0) is 16.0 Å². The number of carbonyl (C=O) groups excluding carboxylic acids is 2. The first-order valence-electron chi connectivity index (χ1n) is 14.9. The van der Waals surface area contributed by atoms with E-state index in [0.717, 1.165) is 64.6 Å². The second-order valence-corrected chi connectivity index (χ2v) is 11.2. The number of para-hydroxylation sites is 1. The minimum Gasteiger partial charge on any atom is -0.496 e. The number of H-pyrrole nitrogens is 1. The molecule has 2 N–H and O–H groups in total. The summed E-state index contributed by atoms with van der Waals surface area (Å²) in [6, 6.07) is 16.2. The zero-order valence-electron chi connectivity index (χ0n) is 25.7. The van der Waals surface area contributed by atoms with Crippen molar-refractivity contribution >= 4 is 28.4 Å². The van der Waals surface area contributed by atoms with Crippen molar-refractivity contribution in [3.63, 3.8) is 0 Å². The quantitative estimate of drug-likeness (QED) is 0.220. The van der Waals surface area contributed by atoms with Crippen LogP contribution in [0.15, 0.2) is 60.8 Å². The third-order valence-electron chi connectivity index (χ3n) is 8.68. The molecule has 4 aromatic rings. The van der Waals surface area contributed by atoms with Crippen LogP contribution in [0.4, 0.5) is 5.69 Å². The van der Waals surface area contributed by atoms with Crippen LogP contribution < -0.4 is 24.4 Å². The number of ether oxygens (including phenoxy) is 3. The Bertz CT molecular complexity index is 1600. The number of rotatable bonds is 10. The summed E-state index contributed by atoms with van der Waals surface area (Å²) in [6.07, 6.45) is 7.16. The topological polar surface area (TPSA) is 92.9 Å². The van der Waals surface area contributed by atoms with Crippen molar-refractivity contribution < 1.29 is 23.8 Å². The van der Waals surface area contributed by atoms with Crippen molar-refractivity contribution in [1.82, 2.24) is 10.3 Å². The zero-order chi connectivity index (χ0) is 30.5. The van der Waals surface area contributed by atoms with Crippen molar-refractivity contribution in [2.24, 2.45) is 0 Å². The van der Waals surface area contributed by atoms with Gasteiger partial charge >= 0.3 is 0 Å². The Morgan fingerprint density at radius 3 is 2.30 bits per heavy atom. The van der Waals surface area contributed by atoms with Crippen LogP contribution in [0.3, 0.4) is 0 Å². The summed E-state index contributed by atoms with van der Waals surface area (Å²) in [7, 11) is 4.76. The molecule has 0 spiro atoms. The van der Waals surface area contributed by atoms with E-state index in [1.807, 2.05) is 56.4 Å². The van der Waals surface area contributed by atoms with Gasteiger partial charge < -0.3 is 24.5 Å². The molecule has 1 fully saturated rings. The first kappa shape index (κ1) is 30.0. The van der Waals surface area contributed by atoms with E-state index in [1.54, 1.807) is 44.4 Å². The van der Waals surface area contributed by atoms with E-state index in [0.29, 0.717) is 17.2 Å². The number of hydrogen-bond acceptors (Lipinski definition) is 5. The highest BCUT2D eigenvalue weighted by atomic mass is 16.5. The van der Waals surface area contributed by atoms with Crippen LogP contribution in [0.25, 0.3) is 10.9 Å². The van der Waals surface area contributed by atoms with Crippen LogP contribution in [0, 0.1) is 13.8 Å². The van der Waals surface area contributed by atoms with Crippen molar-refractivity contribution in [3.05, 3.63) is 83.0 Å². The molecule has 0 bridgehead atoms. The minimum absolute atomic E-state index is 0.0689. The molecule has 5 rings (SSSR count). The van der Waals surface area contributed by atoms with Crippen molar-refractivity contribution in [1.29, 1.82) is 0 Å². The largest absolute Gasteiger partial charge is 0.496 e. The van der Waals surface area contributed by atoms with Crippen LogP contribution >= 0.6 is 0 Å². The molecule has 8 nitrogen and oxygen atoms in total. The SMILES string of the molecule is COc1ccc(N(C(=O)Cc2c[nH]c3ccccc23)C(C(=O)NC2CCCCC2)c2ccc(OC)c(C)c2C)cc1OC. The van der Waals surface area contributed by atoms with Crippen molar-refractivity contribution in [3.8, 4) is 17.2 Å². The second-order valence-electron chi connectivity index (χ2n) is 11.2. The van der Waals surface area contributed by atoms with Gasteiger partial charge in [-0.3, -0.25) is 14.5 Å². The molecule has 1 atom stereocenters. The highest BCUT2D eigenvalue weighted by molar-refractivity contribution is 6.04. The summed E-state index contributed by atoms with van der Waals surface area (Å²) in [6.45, 7) is 3.95. The molecule has 8 heteroatoms. The molecule has 1 aliphatic rings. The molecule has 1 unspecified atom stereocenters. The number of nitrogens with zero attached hydrogens (tertiary/aromatic N) is 1. The average molecular weight is 584 g/mol. The molecule has 3 aromatic carbocycles.